The summed E-state index contributed by atoms with van der Waals surface area (Å²) in [5, 5.41) is 11.4. The van der Waals surface area contributed by atoms with Crippen LogP contribution in [0.25, 0.3) is 0 Å². The third kappa shape index (κ3) is 3.12. The van der Waals surface area contributed by atoms with E-state index in [1.807, 2.05) is 11.0 Å². The molecule has 0 radical (unpaired) electrons. The van der Waals surface area contributed by atoms with Gasteiger partial charge in [0.15, 0.2) is 0 Å². The van der Waals surface area contributed by atoms with Gasteiger partial charge in [-0.3, -0.25) is 4.79 Å². The summed E-state index contributed by atoms with van der Waals surface area (Å²) < 4.78 is 0. The lowest BCUT2D eigenvalue weighted by atomic mass is 10.0. The second-order valence-electron chi connectivity index (χ2n) is 5.04. The minimum absolute atomic E-state index is 0.0410. The quantitative estimate of drug-likeness (QED) is 0.889. The molecule has 4 heteroatoms. The van der Waals surface area contributed by atoms with Crippen molar-refractivity contribution in [2.45, 2.75) is 38.6 Å². The van der Waals surface area contributed by atoms with E-state index in [2.05, 4.69) is 18.4 Å². The Kier molecular flexibility index (Phi) is 4.78. The first-order valence-corrected chi connectivity index (χ1v) is 7.53. The van der Waals surface area contributed by atoms with Crippen molar-refractivity contribution in [3.8, 4) is 0 Å². The smallest absolute Gasteiger partial charge is 0.222 e. The summed E-state index contributed by atoms with van der Waals surface area (Å²) >= 11 is 1.75. The maximum absolute atomic E-state index is 12.1. The lowest BCUT2D eigenvalue weighted by Crippen LogP contribution is -2.39. The number of aliphatic hydroxyl groups excluding tert-OH is 1. The Morgan fingerprint density at radius 3 is 3.11 bits per heavy atom. The van der Waals surface area contributed by atoms with Gasteiger partial charge in [0.2, 0.25) is 5.91 Å². The molecule has 1 saturated heterocycles. The number of likely N-dealkylation sites (tertiary alicyclic amines) is 1. The van der Waals surface area contributed by atoms with Crippen molar-refractivity contribution in [1.82, 2.24) is 4.90 Å². The molecule has 1 amide bonds. The molecule has 2 atom stereocenters. The van der Waals surface area contributed by atoms with Crippen LogP contribution in [0, 0.1) is 5.92 Å². The van der Waals surface area contributed by atoms with Crippen LogP contribution >= 0.6 is 11.3 Å². The normalized spacial score (nSPS) is 23.6. The average Bonchev–Trinajstić information content (AvgIpc) is 2.98. The Balaban J connectivity index is 1.77. The van der Waals surface area contributed by atoms with Gasteiger partial charge in [0.05, 0.1) is 12.6 Å². The zero-order chi connectivity index (χ0) is 13.0. The monoisotopic (exact) mass is 267 g/mol. The molecule has 0 spiro atoms. The molecule has 1 fully saturated rings. The van der Waals surface area contributed by atoms with Crippen molar-refractivity contribution in [1.29, 1.82) is 0 Å². The fourth-order valence-corrected chi connectivity index (χ4v) is 3.36. The molecular weight excluding hydrogens is 246 g/mol. The Bertz CT molecular complexity index is 377. The minimum Gasteiger partial charge on any atom is -0.394 e. The number of thiophene rings is 1. The zero-order valence-electron chi connectivity index (χ0n) is 10.8. The van der Waals surface area contributed by atoms with E-state index in [4.69, 9.17) is 0 Å². The highest BCUT2D eigenvalue weighted by Crippen LogP contribution is 2.24. The minimum atomic E-state index is 0.0410. The molecule has 1 aliphatic heterocycles. The van der Waals surface area contributed by atoms with Crippen LogP contribution in [0.5, 0.6) is 0 Å². The summed E-state index contributed by atoms with van der Waals surface area (Å²) in [4.78, 5) is 15.3. The van der Waals surface area contributed by atoms with Crippen molar-refractivity contribution in [2.24, 2.45) is 5.92 Å². The van der Waals surface area contributed by atoms with Crippen LogP contribution in [0.2, 0.25) is 0 Å². The molecule has 1 aliphatic rings. The molecule has 3 nitrogen and oxygen atoms in total. The van der Waals surface area contributed by atoms with Gasteiger partial charge in [-0.05, 0) is 36.6 Å². The largest absolute Gasteiger partial charge is 0.394 e. The van der Waals surface area contributed by atoms with Gasteiger partial charge in [-0.25, -0.2) is 0 Å². The van der Waals surface area contributed by atoms with Crippen LogP contribution in [0.4, 0.5) is 0 Å². The standard InChI is InChI=1S/C14H21NO2S/c1-11-7-8-15(13(11)10-16)14(17)6-2-4-12-5-3-9-18-12/h3,5,9,11,13,16H,2,4,6-8,10H2,1H3. The summed E-state index contributed by atoms with van der Waals surface area (Å²) in [7, 11) is 0. The highest BCUT2D eigenvalue weighted by Gasteiger charge is 2.33. The van der Waals surface area contributed by atoms with Gasteiger partial charge < -0.3 is 10.0 Å². The first-order valence-electron chi connectivity index (χ1n) is 6.65. The molecular formula is C14H21NO2S. The van der Waals surface area contributed by atoms with Gasteiger partial charge in [0, 0.05) is 17.8 Å². The number of carbonyl (C=O) groups excluding carboxylic acids is 1. The van der Waals surface area contributed by atoms with Gasteiger partial charge in [0.1, 0.15) is 0 Å². The van der Waals surface area contributed by atoms with E-state index in [1.165, 1.54) is 4.88 Å². The third-order valence-electron chi connectivity index (χ3n) is 3.78. The van der Waals surface area contributed by atoms with Crippen LogP contribution in [0.15, 0.2) is 17.5 Å². The molecule has 1 N–H and O–H groups in total. The number of aryl methyl sites for hydroxylation is 1. The SMILES string of the molecule is CC1CCN(C(=O)CCCc2cccs2)C1CO. The number of nitrogens with zero attached hydrogens (tertiary/aromatic N) is 1. The van der Waals surface area contributed by atoms with Crippen molar-refractivity contribution < 1.29 is 9.90 Å². The number of rotatable bonds is 5. The van der Waals surface area contributed by atoms with Crippen LogP contribution < -0.4 is 0 Å². The first-order chi connectivity index (χ1) is 8.72. The van der Waals surface area contributed by atoms with Gasteiger partial charge >= 0.3 is 0 Å². The van der Waals surface area contributed by atoms with Gasteiger partial charge in [-0.15, -0.1) is 11.3 Å². The molecule has 0 aliphatic carbocycles. The number of hydrogen-bond donors (Lipinski definition) is 1. The second-order valence-corrected chi connectivity index (χ2v) is 6.07. The number of amides is 1. The van der Waals surface area contributed by atoms with E-state index in [9.17, 15) is 9.90 Å². The number of hydrogen-bond acceptors (Lipinski definition) is 3. The molecule has 0 bridgehead atoms. The van der Waals surface area contributed by atoms with E-state index >= 15 is 0 Å². The highest BCUT2D eigenvalue weighted by molar-refractivity contribution is 7.09. The van der Waals surface area contributed by atoms with Crippen molar-refractivity contribution in [3.63, 3.8) is 0 Å². The van der Waals surface area contributed by atoms with Crippen molar-refractivity contribution >= 4 is 17.2 Å². The molecule has 18 heavy (non-hydrogen) atoms. The van der Waals surface area contributed by atoms with E-state index in [1.54, 1.807) is 11.3 Å². The van der Waals surface area contributed by atoms with Crippen LogP contribution in [0.3, 0.4) is 0 Å². The topological polar surface area (TPSA) is 40.5 Å². The summed E-state index contributed by atoms with van der Waals surface area (Å²) in [6, 6.07) is 4.20. The van der Waals surface area contributed by atoms with Gasteiger partial charge in [-0.2, -0.15) is 0 Å². The first kappa shape index (κ1) is 13.6. The lowest BCUT2D eigenvalue weighted by Gasteiger charge is -2.25. The molecule has 0 aromatic carbocycles. The molecule has 100 valence electrons. The molecule has 1 aromatic rings. The number of carbonyl (C=O) groups is 1. The Hall–Kier alpha value is -0.870. The van der Waals surface area contributed by atoms with Gasteiger partial charge in [0.25, 0.3) is 0 Å². The molecule has 2 unspecified atom stereocenters. The Morgan fingerprint density at radius 1 is 1.61 bits per heavy atom. The second kappa shape index (κ2) is 6.34. The third-order valence-corrected chi connectivity index (χ3v) is 4.72. The van der Waals surface area contributed by atoms with Gasteiger partial charge in [-0.1, -0.05) is 13.0 Å². The maximum atomic E-state index is 12.1. The molecule has 2 heterocycles. The fraction of sp³-hybridized carbons (Fsp3) is 0.643. The fourth-order valence-electron chi connectivity index (χ4n) is 2.61. The van der Waals surface area contributed by atoms with E-state index in [-0.39, 0.29) is 18.6 Å². The lowest BCUT2D eigenvalue weighted by molar-refractivity contribution is -0.133. The van der Waals surface area contributed by atoms with E-state index in [0.717, 1.165) is 25.8 Å². The predicted octanol–water partition coefficient (Wildman–Crippen LogP) is 2.30. The summed E-state index contributed by atoms with van der Waals surface area (Å²) in [6.07, 6.45) is 3.50. The Morgan fingerprint density at radius 2 is 2.44 bits per heavy atom. The zero-order valence-corrected chi connectivity index (χ0v) is 11.7. The maximum Gasteiger partial charge on any atom is 0.222 e. The summed E-state index contributed by atoms with van der Waals surface area (Å²) in [6.45, 7) is 3.02. The van der Waals surface area contributed by atoms with Crippen LogP contribution in [0.1, 0.15) is 31.1 Å². The van der Waals surface area contributed by atoms with E-state index < -0.39 is 0 Å². The van der Waals surface area contributed by atoms with Crippen molar-refractivity contribution in [3.05, 3.63) is 22.4 Å². The van der Waals surface area contributed by atoms with Crippen LogP contribution in [-0.4, -0.2) is 35.1 Å². The van der Waals surface area contributed by atoms with E-state index in [0.29, 0.717) is 12.3 Å². The number of aliphatic hydroxyl groups is 1. The predicted molar refractivity (Wildman–Crippen MR) is 73.6 cm³/mol. The highest BCUT2D eigenvalue weighted by atomic mass is 32.1. The summed E-state index contributed by atoms with van der Waals surface area (Å²) in [5.41, 5.74) is 0. The van der Waals surface area contributed by atoms with Crippen LogP contribution in [-0.2, 0) is 11.2 Å². The average molecular weight is 267 g/mol. The summed E-state index contributed by atoms with van der Waals surface area (Å²) in [5.74, 6) is 0.631. The molecule has 2 rings (SSSR count). The van der Waals surface area contributed by atoms with Crippen molar-refractivity contribution in [2.75, 3.05) is 13.2 Å². The Labute approximate surface area is 112 Å². The molecule has 1 aromatic heterocycles. The molecule has 0 saturated carbocycles.